The van der Waals surface area contributed by atoms with Crippen molar-refractivity contribution in [3.05, 3.63) is 54.1 Å². The van der Waals surface area contributed by atoms with Gasteiger partial charge in [0.15, 0.2) is 0 Å². The van der Waals surface area contributed by atoms with Crippen molar-refractivity contribution in [1.82, 2.24) is 5.48 Å². The maximum atomic E-state index is 13.4. The van der Waals surface area contributed by atoms with E-state index < -0.39 is 22.0 Å². The van der Waals surface area contributed by atoms with Crippen LogP contribution in [0.4, 0.5) is 5.69 Å². The van der Waals surface area contributed by atoms with Crippen molar-refractivity contribution in [1.29, 1.82) is 0 Å². The van der Waals surface area contributed by atoms with Crippen LogP contribution in [0.5, 0.6) is 5.75 Å². The van der Waals surface area contributed by atoms with E-state index in [0.717, 1.165) is 9.87 Å². The van der Waals surface area contributed by atoms with Gasteiger partial charge in [0.2, 0.25) is 0 Å². The first-order valence-corrected chi connectivity index (χ1v) is 10.2. The van der Waals surface area contributed by atoms with Gasteiger partial charge >= 0.3 is 0 Å². The molecule has 0 saturated heterocycles. The molecule has 0 spiro atoms. The van der Waals surface area contributed by atoms with E-state index in [2.05, 4.69) is 0 Å². The molecule has 0 bridgehead atoms. The Labute approximate surface area is 166 Å². The Balaban J connectivity index is 2.59. The highest BCUT2D eigenvalue weighted by molar-refractivity contribution is 7.92. The number of hydrogen-bond acceptors (Lipinski definition) is 5. The third kappa shape index (κ3) is 4.45. The van der Waals surface area contributed by atoms with Gasteiger partial charge in [0.1, 0.15) is 11.8 Å². The fourth-order valence-corrected chi connectivity index (χ4v) is 4.37. The first-order chi connectivity index (χ1) is 13.0. The molecule has 0 saturated carbocycles. The van der Waals surface area contributed by atoms with Crippen LogP contribution in [0.2, 0.25) is 0 Å². The molecule has 1 unspecified atom stereocenters. The monoisotopic (exact) mass is 406 g/mol. The topological polar surface area (TPSA) is 95.9 Å². The molecule has 1 amide bonds. The van der Waals surface area contributed by atoms with E-state index in [9.17, 15) is 13.2 Å². The van der Waals surface area contributed by atoms with Gasteiger partial charge in [0.25, 0.3) is 15.9 Å². The number of rotatable bonds is 6. The highest BCUT2D eigenvalue weighted by Crippen LogP contribution is 2.30. The minimum absolute atomic E-state index is 0.0425. The summed E-state index contributed by atoms with van der Waals surface area (Å²) < 4.78 is 32.9. The summed E-state index contributed by atoms with van der Waals surface area (Å²) in [6.45, 7) is 7.50. The number of nitrogens with one attached hydrogen (secondary N) is 1. The van der Waals surface area contributed by atoms with E-state index in [1.165, 1.54) is 37.7 Å². The Hall–Kier alpha value is -2.58. The van der Waals surface area contributed by atoms with Gasteiger partial charge in [0, 0.05) is 6.07 Å². The molecule has 1 atom stereocenters. The fourth-order valence-electron chi connectivity index (χ4n) is 2.76. The number of anilines is 1. The number of ether oxygens (including phenoxy) is 1. The first kappa shape index (κ1) is 21.7. The molecule has 8 heteroatoms. The maximum Gasteiger partial charge on any atom is 0.266 e. The van der Waals surface area contributed by atoms with Gasteiger partial charge in [-0.3, -0.25) is 14.3 Å². The molecule has 2 N–H and O–H groups in total. The lowest BCUT2D eigenvalue weighted by Gasteiger charge is -2.29. The van der Waals surface area contributed by atoms with Gasteiger partial charge in [-0.25, -0.2) is 13.9 Å². The summed E-state index contributed by atoms with van der Waals surface area (Å²) in [6, 6.07) is 11.7. The molecule has 0 fully saturated rings. The average molecular weight is 407 g/mol. The summed E-state index contributed by atoms with van der Waals surface area (Å²) in [6.07, 6.45) is 0. The van der Waals surface area contributed by atoms with Crippen molar-refractivity contribution >= 4 is 21.6 Å². The Morgan fingerprint density at radius 3 is 2.25 bits per heavy atom. The van der Waals surface area contributed by atoms with Crippen molar-refractivity contribution in [3.8, 4) is 5.75 Å². The van der Waals surface area contributed by atoms with Crippen LogP contribution >= 0.6 is 0 Å². The van der Waals surface area contributed by atoms with Crippen LogP contribution in [0.15, 0.2) is 53.4 Å². The van der Waals surface area contributed by atoms with E-state index >= 15 is 0 Å². The number of amides is 1. The van der Waals surface area contributed by atoms with Gasteiger partial charge in [-0.2, -0.15) is 0 Å². The minimum atomic E-state index is -4.09. The summed E-state index contributed by atoms with van der Waals surface area (Å²) in [7, 11) is -2.62. The van der Waals surface area contributed by atoms with Crippen LogP contribution < -0.4 is 14.5 Å². The van der Waals surface area contributed by atoms with Gasteiger partial charge in [-0.05, 0) is 42.2 Å². The third-order valence-corrected chi connectivity index (χ3v) is 6.34. The van der Waals surface area contributed by atoms with Crippen molar-refractivity contribution in [2.45, 2.75) is 44.0 Å². The number of sulfonamides is 1. The number of benzene rings is 2. The fraction of sp³-hybridized carbons (Fsp3) is 0.350. The lowest BCUT2D eigenvalue weighted by molar-refractivity contribution is -0.129. The molecular formula is C20H26N2O5S. The summed E-state index contributed by atoms with van der Waals surface area (Å²) in [5.41, 5.74) is 2.63. The molecule has 0 aliphatic rings. The SMILES string of the molecule is COc1cccc(N(C(C)C(=O)NO)S(=O)(=O)c2ccc(C(C)(C)C)cc2)c1. The summed E-state index contributed by atoms with van der Waals surface area (Å²) >= 11 is 0. The molecule has 0 aromatic heterocycles. The van der Waals surface area contributed by atoms with E-state index in [-0.39, 0.29) is 16.0 Å². The number of carbonyl (C=O) groups excluding carboxylic acids is 1. The molecule has 0 radical (unpaired) electrons. The Bertz CT molecular complexity index is 934. The normalized spacial score (nSPS) is 12.9. The van der Waals surface area contributed by atoms with Crippen LogP contribution in [-0.4, -0.2) is 32.7 Å². The van der Waals surface area contributed by atoms with Crippen molar-refractivity contribution < 1.29 is 23.2 Å². The van der Waals surface area contributed by atoms with Crippen molar-refractivity contribution in [2.24, 2.45) is 0 Å². The molecule has 152 valence electrons. The van der Waals surface area contributed by atoms with Gasteiger partial charge in [-0.15, -0.1) is 0 Å². The highest BCUT2D eigenvalue weighted by Gasteiger charge is 2.33. The van der Waals surface area contributed by atoms with E-state index in [4.69, 9.17) is 9.94 Å². The predicted octanol–water partition coefficient (Wildman–Crippen LogP) is 3.08. The second-order valence-electron chi connectivity index (χ2n) is 7.43. The zero-order valence-electron chi connectivity index (χ0n) is 16.6. The number of hydrogen-bond donors (Lipinski definition) is 2. The highest BCUT2D eigenvalue weighted by atomic mass is 32.2. The molecule has 28 heavy (non-hydrogen) atoms. The molecular weight excluding hydrogens is 380 g/mol. The molecule has 2 aromatic rings. The molecule has 7 nitrogen and oxygen atoms in total. The van der Waals surface area contributed by atoms with Crippen molar-refractivity contribution in [2.75, 3.05) is 11.4 Å². The number of carbonyl (C=O) groups is 1. The minimum Gasteiger partial charge on any atom is -0.497 e. The molecule has 2 rings (SSSR count). The van der Waals surface area contributed by atoms with Crippen LogP contribution in [0.1, 0.15) is 33.3 Å². The van der Waals surface area contributed by atoms with Crippen molar-refractivity contribution in [3.63, 3.8) is 0 Å². The van der Waals surface area contributed by atoms with E-state index in [1.54, 1.807) is 30.3 Å². The Morgan fingerprint density at radius 1 is 1.14 bits per heavy atom. The number of methoxy groups -OCH3 is 1. The van der Waals surface area contributed by atoms with Crippen LogP contribution in [0.25, 0.3) is 0 Å². The van der Waals surface area contributed by atoms with Gasteiger partial charge in [-0.1, -0.05) is 39.0 Å². The molecule has 0 heterocycles. The van der Waals surface area contributed by atoms with Gasteiger partial charge in [0.05, 0.1) is 17.7 Å². The van der Waals surface area contributed by atoms with Crippen LogP contribution in [0, 0.1) is 0 Å². The van der Waals surface area contributed by atoms with Crippen LogP contribution in [0.3, 0.4) is 0 Å². The number of hydroxylamine groups is 1. The van der Waals surface area contributed by atoms with Gasteiger partial charge < -0.3 is 4.74 Å². The largest absolute Gasteiger partial charge is 0.497 e. The number of nitrogens with zero attached hydrogens (tertiary/aromatic N) is 1. The van der Waals surface area contributed by atoms with Crippen LogP contribution in [-0.2, 0) is 20.2 Å². The summed E-state index contributed by atoms with van der Waals surface area (Å²) in [5, 5.41) is 9.02. The van der Waals surface area contributed by atoms with E-state index in [1.807, 2.05) is 20.8 Å². The lowest BCUT2D eigenvalue weighted by Crippen LogP contribution is -2.47. The summed E-state index contributed by atoms with van der Waals surface area (Å²) in [4.78, 5) is 12.1. The Kier molecular flexibility index (Phi) is 6.36. The second-order valence-corrected chi connectivity index (χ2v) is 9.24. The zero-order chi connectivity index (χ0) is 21.1. The smallest absolute Gasteiger partial charge is 0.266 e. The molecule has 0 aliphatic carbocycles. The summed E-state index contributed by atoms with van der Waals surface area (Å²) in [5.74, 6) is -0.407. The molecule has 0 aliphatic heterocycles. The second kappa shape index (κ2) is 8.20. The van der Waals surface area contributed by atoms with E-state index in [0.29, 0.717) is 5.75 Å². The Morgan fingerprint density at radius 2 is 1.75 bits per heavy atom. The zero-order valence-corrected chi connectivity index (χ0v) is 17.4. The first-order valence-electron chi connectivity index (χ1n) is 8.75. The maximum absolute atomic E-state index is 13.4. The molecule has 2 aromatic carbocycles. The quantitative estimate of drug-likeness (QED) is 0.568. The lowest BCUT2D eigenvalue weighted by atomic mass is 9.87. The third-order valence-electron chi connectivity index (χ3n) is 4.43. The average Bonchev–Trinajstić information content (AvgIpc) is 2.66. The predicted molar refractivity (Wildman–Crippen MR) is 107 cm³/mol. The standard InChI is InChI=1S/C20H26N2O5S/c1-14(19(23)21-24)22(16-7-6-8-17(13-16)27-5)28(25,26)18-11-9-15(10-12-18)20(2,3)4/h6-14,24H,1-5H3,(H,21,23).